The zero-order chi connectivity index (χ0) is 13.3. The number of nitro groups is 1. The fraction of sp³-hybridized carbons (Fsp3) is 0.111. The number of methoxy groups -OCH3 is 1. The molecule has 0 aromatic carbocycles. The van der Waals surface area contributed by atoms with E-state index in [1.54, 1.807) is 6.07 Å². The summed E-state index contributed by atoms with van der Waals surface area (Å²) in [5.41, 5.74) is 5.68. The number of carbonyl (C=O) groups is 1. The lowest BCUT2D eigenvalue weighted by Crippen LogP contribution is -2.04. The molecule has 0 aliphatic carbocycles. The van der Waals surface area contributed by atoms with E-state index >= 15 is 0 Å². The maximum Gasteiger partial charge on any atom is 0.359 e. The first-order chi connectivity index (χ1) is 8.52. The van der Waals surface area contributed by atoms with Gasteiger partial charge in [0.25, 0.3) is 0 Å². The minimum atomic E-state index is -0.624. The van der Waals surface area contributed by atoms with Gasteiger partial charge in [0.1, 0.15) is 10.0 Å². The number of nitrogens with two attached hydrogens (primary N) is 1. The molecule has 0 amide bonds. The highest BCUT2D eigenvalue weighted by atomic mass is 32.1. The predicted molar refractivity (Wildman–Crippen MR) is 67.8 cm³/mol. The highest BCUT2D eigenvalue weighted by molar-refractivity contribution is 7.25. The van der Waals surface area contributed by atoms with E-state index in [-0.39, 0.29) is 15.7 Å². The van der Waals surface area contributed by atoms with Gasteiger partial charge in [0.2, 0.25) is 0 Å². The number of thiophene rings is 1. The Morgan fingerprint density at radius 3 is 2.78 bits per heavy atom. The van der Waals surface area contributed by atoms with Crippen molar-refractivity contribution in [3.8, 4) is 9.88 Å². The zero-order valence-electron chi connectivity index (χ0n) is 9.08. The lowest BCUT2D eigenvalue weighted by molar-refractivity contribution is -0.380. The van der Waals surface area contributed by atoms with Crippen LogP contribution in [0.25, 0.3) is 9.88 Å². The average Bonchev–Trinajstić information content (AvgIpc) is 2.94. The molecule has 2 rings (SSSR count). The van der Waals surface area contributed by atoms with Crippen LogP contribution in [-0.2, 0) is 4.74 Å². The molecule has 2 aromatic heterocycles. The smallest absolute Gasteiger partial charge is 0.359 e. The summed E-state index contributed by atoms with van der Waals surface area (Å²) in [6.45, 7) is 0. The van der Waals surface area contributed by atoms with E-state index in [9.17, 15) is 14.9 Å². The SMILES string of the molecule is COC(=O)c1nc(-c2ccc([N+](=O)[O-])s2)sc1N. The van der Waals surface area contributed by atoms with E-state index in [0.29, 0.717) is 9.88 Å². The summed E-state index contributed by atoms with van der Waals surface area (Å²) in [6.07, 6.45) is 0. The molecule has 2 N–H and O–H groups in total. The van der Waals surface area contributed by atoms with Crippen LogP contribution < -0.4 is 5.73 Å². The number of aromatic nitrogens is 1. The number of ether oxygens (including phenoxy) is 1. The van der Waals surface area contributed by atoms with Crippen molar-refractivity contribution in [1.29, 1.82) is 0 Å². The van der Waals surface area contributed by atoms with Crippen LogP contribution in [0.15, 0.2) is 12.1 Å². The van der Waals surface area contributed by atoms with E-state index < -0.39 is 10.9 Å². The van der Waals surface area contributed by atoms with Gasteiger partial charge in [0.05, 0.1) is 16.9 Å². The molecular formula is C9H7N3O4S2. The molecular weight excluding hydrogens is 278 g/mol. The van der Waals surface area contributed by atoms with E-state index in [1.165, 1.54) is 13.2 Å². The van der Waals surface area contributed by atoms with Crippen LogP contribution in [-0.4, -0.2) is 23.0 Å². The van der Waals surface area contributed by atoms with Crippen LogP contribution in [0.3, 0.4) is 0 Å². The summed E-state index contributed by atoms with van der Waals surface area (Å²) in [4.78, 5) is 26.0. The summed E-state index contributed by atoms with van der Waals surface area (Å²) < 4.78 is 4.53. The third-order valence-corrected chi connectivity index (χ3v) is 4.11. The maximum absolute atomic E-state index is 11.3. The van der Waals surface area contributed by atoms with Gasteiger partial charge >= 0.3 is 11.0 Å². The third kappa shape index (κ3) is 2.17. The van der Waals surface area contributed by atoms with Crippen molar-refractivity contribution in [3.63, 3.8) is 0 Å². The van der Waals surface area contributed by atoms with Crippen molar-refractivity contribution < 1.29 is 14.5 Å². The highest BCUT2D eigenvalue weighted by Gasteiger charge is 2.20. The van der Waals surface area contributed by atoms with Crippen molar-refractivity contribution in [2.24, 2.45) is 0 Å². The van der Waals surface area contributed by atoms with Gasteiger partial charge in [0, 0.05) is 6.07 Å². The Morgan fingerprint density at radius 2 is 2.22 bits per heavy atom. The van der Waals surface area contributed by atoms with E-state index in [2.05, 4.69) is 9.72 Å². The Labute approximate surface area is 109 Å². The quantitative estimate of drug-likeness (QED) is 0.526. The summed E-state index contributed by atoms with van der Waals surface area (Å²) in [5.74, 6) is -0.624. The van der Waals surface area contributed by atoms with Gasteiger partial charge in [-0.05, 0) is 6.07 Å². The average molecular weight is 285 g/mol. The molecule has 0 unspecified atom stereocenters. The van der Waals surface area contributed by atoms with Crippen LogP contribution in [0, 0.1) is 10.1 Å². The molecule has 0 atom stereocenters. The van der Waals surface area contributed by atoms with E-state index in [1.807, 2.05) is 0 Å². The Kier molecular flexibility index (Phi) is 3.26. The highest BCUT2D eigenvalue weighted by Crippen LogP contribution is 2.37. The molecule has 7 nitrogen and oxygen atoms in total. The van der Waals surface area contributed by atoms with Crippen molar-refractivity contribution in [2.75, 3.05) is 12.8 Å². The van der Waals surface area contributed by atoms with Gasteiger partial charge in [-0.1, -0.05) is 22.7 Å². The van der Waals surface area contributed by atoms with Crippen LogP contribution >= 0.6 is 22.7 Å². The Balaban J connectivity index is 2.39. The first-order valence-corrected chi connectivity index (χ1v) is 6.25. The van der Waals surface area contributed by atoms with Crippen LogP contribution in [0.1, 0.15) is 10.5 Å². The number of esters is 1. The number of nitrogen functional groups attached to an aromatic ring is 1. The number of hydrogen-bond donors (Lipinski definition) is 1. The second kappa shape index (κ2) is 4.70. The topological polar surface area (TPSA) is 108 Å². The van der Waals surface area contributed by atoms with Crippen molar-refractivity contribution in [3.05, 3.63) is 27.9 Å². The summed E-state index contributed by atoms with van der Waals surface area (Å²) in [5, 5.41) is 11.3. The second-order valence-electron chi connectivity index (χ2n) is 3.12. The molecule has 0 saturated carbocycles. The van der Waals surface area contributed by atoms with Crippen LogP contribution in [0.2, 0.25) is 0 Å². The Hall–Kier alpha value is -2.00. The molecule has 18 heavy (non-hydrogen) atoms. The van der Waals surface area contributed by atoms with Gasteiger partial charge < -0.3 is 10.5 Å². The van der Waals surface area contributed by atoms with Gasteiger partial charge in [-0.15, -0.1) is 0 Å². The fourth-order valence-corrected chi connectivity index (χ4v) is 2.92. The van der Waals surface area contributed by atoms with Gasteiger partial charge in [0.15, 0.2) is 5.69 Å². The molecule has 0 aliphatic heterocycles. The third-order valence-electron chi connectivity index (χ3n) is 2.01. The van der Waals surface area contributed by atoms with E-state index in [4.69, 9.17) is 5.73 Å². The van der Waals surface area contributed by atoms with Gasteiger partial charge in [-0.3, -0.25) is 10.1 Å². The number of carbonyl (C=O) groups excluding carboxylic acids is 1. The van der Waals surface area contributed by atoms with Crippen molar-refractivity contribution in [1.82, 2.24) is 4.98 Å². The monoisotopic (exact) mass is 285 g/mol. The Morgan fingerprint density at radius 1 is 1.50 bits per heavy atom. The normalized spacial score (nSPS) is 10.3. The molecule has 0 radical (unpaired) electrons. The summed E-state index contributed by atoms with van der Waals surface area (Å²) in [7, 11) is 1.23. The molecule has 0 aliphatic rings. The molecule has 0 bridgehead atoms. The second-order valence-corrected chi connectivity index (χ2v) is 5.21. The van der Waals surface area contributed by atoms with Gasteiger partial charge in [-0.2, -0.15) is 0 Å². The first-order valence-electron chi connectivity index (χ1n) is 4.62. The maximum atomic E-state index is 11.3. The van der Waals surface area contributed by atoms with E-state index in [0.717, 1.165) is 22.7 Å². The standard InChI is InChI=1S/C9H7N3O4S2/c1-16-9(13)6-7(10)18-8(11-6)4-2-3-5(17-4)12(14)15/h2-3H,10H2,1H3. The van der Waals surface area contributed by atoms with Gasteiger partial charge in [-0.25, -0.2) is 9.78 Å². The molecule has 0 saturated heterocycles. The number of thiazole rings is 1. The minimum Gasteiger partial charge on any atom is -0.464 e. The lowest BCUT2D eigenvalue weighted by atomic mass is 10.4. The number of rotatable bonds is 3. The van der Waals surface area contributed by atoms with Crippen molar-refractivity contribution in [2.45, 2.75) is 0 Å². The summed E-state index contributed by atoms with van der Waals surface area (Å²) >= 11 is 2.07. The number of nitrogens with zero attached hydrogens (tertiary/aromatic N) is 2. The number of hydrogen-bond acceptors (Lipinski definition) is 8. The van der Waals surface area contributed by atoms with Crippen LogP contribution in [0.5, 0.6) is 0 Å². The largest absolute Gasteiger partial charge is 0.464 e. The van der Waals surface area contributed by atoms with Crippen LogP contribution in [0.4, 0.5) is 10.0 Å². The van der Waals surface area contributed by atoms with Crippen molar-refractivity contribution >= 4 is 38.6 Å². The predicted octanol–water partition coefficient (Wildman–Crippen LogP) is 2.15. The Bertz CT molecular complexity index is 619. The molecule has 2 heterocycles. The molecule has 94 valence electrons. The first kappa shape index (κ1) is 12.5. The summed E-state index contributed by atoms with van der Waals surface area (Å²) in [6, 6.07) is 2.96. The molecule has 0 fully saturated rings. The molecule has 0 spiro atoms. The fourth-order valence-electron chi connectivity index (χ4n) is 1.22. The zero-order valence-corrected chi connectivity index (χ0v) is 10.7. The molecule has 9 heteroatoms. The number of anilines is 1. The molecule has 2 aromatic rings. The lowest BCUT2D eigenvalue weighted by Gasteiger charge is -1.93. The minimum absolute atomic E-state index is 0.0124.